The summed E-state index contributed by atoms with van der Waals surface area (Å²) in [6.07, 6.45) is 3.35. The fourth-order valence-corrected chi connectivity index (χ4v) is 1.35. The lowest BCUT2D eigenvalue weighted by molar-refractivity contribution is 0.628. The number of aromatic nitrogens is 2. The summed E-state index contributed by atoms with van der Waals surface area (Å²) in [5.74, 6) is -0.345. The molecule has 4 heteroatoms. The molecule has 0 bridgehead atoms. The van der Waals surface area contributed by atoms with E-state index in [0.29, 0.717) is 5.15 Å². The molecule has 2 rings (SSSR count). The average Bonchev–Trinajstić information content (AvgIpc) is 2.29. The first-order valence-corrected chi connectivity index (χ1v) is 3.85. The summed E-state index contributed by atoms with van der Waals surface area (Å²) in [5.41, 5.74) is 1.11. The molecule has 0 radical (unpaired) electrons. The van der Waals surface area contributed by atoms with Crippen LogP contribution in [0.5, 0.6) is 0 Å². The van der Waals surface area contributed by atoms with Crippen LogP contribution >= 0.6 is 11.6 Å². The molecule has 2 nitrogen and oxygen atoms in total. The Hall–Kier alpha value is -1.09. The van der Waals surface area contributed by atoms with Crippen LogP contribution in [0.2, 0.25) is 5.15 Å². The van der Waals surface area contributed by atoms with Crippen LogP contribution in [0, 0.1) is 12.7 Å². The second-order valence-electron chi connectivity index (χ2n) is 2.66. The van der Waals surface area contributed by atoms with Gasteiger partial charge in [-0.15, -0.1) is 0 Å². The van der Waals surface area contributed by atoms with Crippen molar-refractivity contribution < 1.29 is 4.39 Å². The van der Waals surface area contributed by atoms with Crippen LogP contribution in [0.4, 0.5) is 4.39 Å². The fourth-order valence-electron chi connectivity index (χ4n) is 1.16. The summed E-state index contributed by atoms with van der Waals surface area (Å²) in [4.78, 5) is 3.81. The minimum Gasteiger partial charge on any atom is -0.303 e. The van der Waals surface area contributed by atoms with Crippen LogP contribution in [0.15, 0.2) is 18.5 Å². The van der Waals surface area contributed by atoms with E-state index in [4.69, 9.17) is 11.6 Å². The Bertz CT molecular complexity index is 436. The highest BCUT2D eigenvalue weighted by Crippen LogP contribution is 2.14. The first kappa shape index (κ1) is 7.55. The molecule has 0 unspecified atom stereocenters. The molecule has 12 heavy (non-hydrogen) atoms. The second kappa shape index (κ2) is 2.45. The van der Waals surface area contributed by atoms with Crippen LogP contribution in [0.1, 0.15) is 5.56 Å². The van der Waals surface area contributed by atoms with Crippen molar-refractivity contribution in [1.82, 2.24) is 9.38 Å². The lowest BCUT2D eigenvalue weighted by atomic mass is 10.3. The summed E-state index contributed by atoms with van der Waals surface area (Å²) in [7, 11) is 0. The van der Waals surface area contributed by atoms with Gasteiger partial charge in [0.15, 0.2) is 11.5 Å². The van der Waals surface area contributed by atoms with Crippen LogP contribution < -0.4 is 0 Å². The molecule has 0 aliphatic carbocycles. The van der Waals surface area contributed by atoms with Crippen molar-refractivity contribution in [2.45, 2.75) is 6.92 Å². The van der Waals surface area contributed by atoms with Crippen LogP contribution in [-0.4, -0.2) is 9.38 Å². The zero-order valence-electron chi connectivity index (χ0n) is 6.38. The van der Waals surface area contributed by atoms with Crippen molar-refractivity contribution in [1.29, 1.82) is 0 Å². The molecular weight excluding hydrogens is 179 g/mol. The Labute approximate surface area is 73.6 Å². The summed E-state index contributed by atoms with van der Waals surface area (Å²) < 4.78 is 14.7. The number of rotatable bonds is 0. The van der Waals surface area contributed by atoms with E-state index in [-0.39, 0.29) is 11.5 Å². The van der Waals surface area contributed by atoms with Crippen LogP contribution in [0.25, 0.3) is 5.65 Å². The van der Waals surface area contributed by atoms with Gasteiger partial charge in [-0.3, -0.25) is 0 Å². The van der Waals surface area contributed by atoms with Gasteiger partial charge >= 0.3 is 0 Å². The molecule has 0 spiro atoms. The van der Waals surface area contributed by atoms with Crippen molar-refractivity contribution in [3.05, 3.63) is 35.0 Å². The zero-order chi connectivity index (χ0) is 8.72. The number of nitrogens with zero attached hydrogens (tertiary/aromatic N) is 2. The molecule has 2 aromatic heterocycles. The van der Waals surface area contributed by atoms with E-state index >= 15 is 0 Å². The monoisotopic (exact) mass is 184 g/mol. The number of aryl methyl sites for hydroxylation is 1. The second-order valence-corrected chi connectivity index (χ2v) is 3.05. The first-order valence-electron chi connectivity index (χ1n) is 3.47. The molecular formula is C8H6ClFN2. The van der Waals surface area contributed by atoms with Crippen molar-refractivity contribution in [3.8, 4) is 0 Å². The largest absolute Gasteiger partial charge is 0.303 e. The van der Waals surface area contributed by atoms with Gasteiger partial charge in [0.2, 0.25) is 0 Å². The molecule has 0 saturated heterocycles. The predicted octanol–water partition coefficient (Wildman–Crippen LogP) is 2.44. The van der Waals surface area contributed by atoms with Crippen LogP contribution in [0.3, 0.4) is 0 Å². The lowest BCUT2D eigenvalue weighted by Crippen LogP contribution is -1.89. The molecule has 0 aliphatic rings. The van der Waals surface area contributed by atoms with Gasteiger partial charge in [0.05, 0.1) is 0 Å². The number of hydrogen-bond acceptors (Lipinski definition) is 1. The summed E-state index contributed by atoms with van der Waals surface area (Å²) in [6.45, 7) is 1.82. The minimum atomic E-state index is -0.345. The number of hydrogen-bond donors (Lipinski definition) is 0. The van der Waals surface area contributed by atoms with E-state index in [9.17, 15) is 4.39 Å². The maximum Gasteiger partial charge on any atom is 0.174 e. The van der Waals surface area contributed by atoms with Gasteiger partial charge in [-0.1, -0.05) is 11.6 Å². The molecule has 0 aromatic carbocycles. The topological polar surface area (TPSA) is 17.3 Å². The Morgan fingerprint density at radius 2 is 2.25 bits per heavy atom. The molecule has 0 amide bonds. The highest BCUT2D eigenvalue weighted by molar-refractivity contribution is 6.29. The summed E-state index contributed by atoms with van der Waals surface area (Å²) in [5, 5.41) is 0.305. The lowest BCUT2D eigenvalue weighted by Gasteiger charge is -1.96. The standard InChI is InChI=1S/C8H6ClFN2/c1-5-2-6(10)8-11-7(9)4-12(8)3-5/h2-4H,1H3. The molecule has 0 N–H and O–H groups in total. The van der Waals surface area contributed by atoms with E-state index in [1.54, 1.807) is 16.8 Å². The highest BCUT2D eigenvalue weighted by Gasteiger charge is 2.04. The Kier molecular flexibility index (Phi) is 1.54. The van der Waals surface area contributed by atoms with Crippen LogP contribution in [-0.2, 0) is 0 Å². The van der Waals surface area contributed by atoms with Gasteiger partial charge in [-0.2, -0.15) is 0 Å². The van der Waals surface area contributed by atoms with E-state index in [0.717, 1.165) is 5.56 Å². The molecule has 0 aliphatic heterocycles. The fraction of sp³-hybridized carbons (Fsp3) is 0.125. The number of imidazole rings is 1. The van der Waals surface area contributed by atoms with E-state index in [1.807, 2.05) is 6.92 Å². The first-order chi connectivity index (χ1) is 5.66. The smallest absolute Gasteiger partial charge is 0.174 e. The van der Waals surface area contributed by atoms with E-state index < -0.39 is 0 Å². The number of halogens is 2. The Morgan fingerprint density at radius 1 is 1.50 bits per heavy atom. The Balaban J connectivity index is 2.88. The third kappa shape index (κ3) is 1.06. The molecule has 0 fully saturated rings. The van der Waals surface area contributed by atoms with Gasteiger partial charge in [-0.05, 0) is 18.6 Å². The van der Waals surface area contributed by atoms with E-state index in [1.165, 1.54) is 6.07 Å². The zero-order valence-corrected chi connectivity index (χ0v) is 7.14. The highest BCUT2D eigenvalue weighted by atomic mass is 35.5. The average molecular weight is 185 g/mol. The normalized spacial score (nSPS) is 10.9. The third-order valence-electron chi connectivity index (χ3n) is 1.61. The van der Waals surface area contributed by atoms with Crippen molar-refractivity contribution in [3.63, 3.8) is 0 Å². The number of fused-ring (bicyclic) bond motifs is 1. The van der Waals surface area contributed by atoms with Gasteiger partial charge in [-0.25, -0.2) is 9.37 Å². The van der Waals surface area contributed by atoms with Gasteiger partial charge in [0.25, 0.3) is 0 Å². The third-order valence-corrected chi connectivity index (χ3v) is 1.80. The molecule has 2 heterocycles. The summed E-state index contributed by atoms with van der Waals surface area (Å²) >= 11 is 5.61. The SMILES string of the molecule is Cc1cc(F)c2nc(Cl)cn2c1. The number of pyridine rings is 1. The van der Waals surface area contributed by atoms with Crippen molar-refractivity contribution in [2.24, 2.45) is 0 Å². The van der Waals surface area contributed by atoms with Gasteiger partial charge in [0.1, 0.15) is 5.15 Å². The minimum absolute atomic E-state index is 0.269. The summed E-state index contributed by atoms with van der Waals surface area (Å²) in [6, 6.07) is 1.43. The molecule has 0 atom stereocenters. The molecule has 0 saturated carbocycles. The maximum atomic E-state index is 13.1. The quantitative estimate of drug-likeness (QED) is 0.615. The van der Waals surface area contributed by atoms with Crippen molar-refractivity contribution in [2.75, 3.05) is 0 Å². The molecule has 2 aromatic rings. The van der Waals surface area contributed by atoms with Gasteiger partial charge in [0, 0.05) is 12.4 Å². The molecule has 62 valence electrons. The van der Waals surface area contributed by atoms with Gasteiger partial charge < -0.3 is 4.40 Å². The predicted molar refractivity (Wildman–Crippen MR) is 44.9 cm³/mol. The van der Waals surface area contributed by atoms with E-state index in [2.05, 4.69) is 4.98 Å². The Morgan fingerprint density at radius 3 is 3.00 bits per heavy atom. The van der Waals surface area contributed by atoms with Crippen molar-refractivity contribution >= 4 is 17.2 Å². The maximum absolute atomic E-state index is 13.1.